The Morgan fingerprint density at radius 2 is 1.89 bits per heavy atom. The first-order valence-corrected chi connectivity index (χ1v) is 7.05. The number of ether oxygens (including phenoxy) is 1. The molecular weight excluding hydrogens is 238 g/mol. The molecule has 2 N–H and O–H groups in total. The lowest BCUT2D eigenvalue weighted by atomic mass is 10.1. The molecule has 19 heavy (non-hydrogen) atoms. The molecule has 3 heteroatoms. The van der Waals surface area contributed by atoms with Gasteiger partial charge in [0, 0.05) is 6.04 Å². The van der Waals surface area contributed by atoms with Crippen LogP contribution in [0.3, 0.4) is 0 Å². The Balaban J connectivity index is 2.17. The highest BCUT2D eigenvalue weighted by atomic mass is 16.5. The molecule has 1 rings (SSSR count). The number of carbonyl (C=O) groups is 1. The molecule has 0 heterocycles. The zero-order chi connectivity index (χ0) is 14.1. The van der Waals surface area contributed by atoms with Crippen molar-refractivity contribution in [2.24, 2.45) is 11.7 Å². The first kappa shape index (κ1) is 15.7. The summed E-state index contributed by atoms with van der Waals surface area (Å²) in [6.07, 6.45) is 3.47. The molecule has 1 aromatic carbocycles. The van der Waals surface area contributed by atoms with E-state index in [1.165, 1.54) is 6.42 Å². The van der Waals surface area contributed by atoms with Gasteiger partial charge in [-0.05, 0) is 24.3 Å². The summed E-state index contributed by atoms with van der Waals surface area (Å²) < 4.78 is 5.20. The average molecular weight is 263 g/mol. The highest BCUT2D eigenvalue weighted by Gasteiger charge is 2.12. The normalized spacial score (nSPS) is 12.4. The third kappa shape index (κ3) is 6.97. The van der Waals surface area contributed by atoms with Crippen LogP contribution in [0.2, 0.25) is 0 Å². The smallest absolute Gasteiger partial charge is 0.307 e. The van der Waals surface area contributed by atoms with Gasteiger partial charge in [-0.2, -0.15) is 0 Å². The van der Waals surface area contributed by atoms with Gasteiger partial charge in [-0.3, -0.25) is 4.79 Å². The van der Waals surface area contributed by atoms with Crippen LogP contribution >= 0.6 is 0 Å². The second kappa shape index (κ2) is 8.70. The van der Waals surface area contributed by atoms with Gasteiger partial charge in [0.2, 0.25) is 0 Å². The molecule has 0 saturated carbocycles. The molecule has 1 aromatic rings. The molecule has 0 aliphatic rings. The summed E-state index contributed by atoms with van der Waals surface area (Å²) >= 11 is 0. The summed E-state index contributed by atoms with van der Waals surface area (Å²) in [5, 5.41) is 0. The van der Waals surface area contributed by atoms with Crippen LogP contribution < -0.4 is 5.73 Å². The number of esters is 1. The molecule has 0 saturated heterocycles. The quantitative estimate of drug-likeness (QED) is 0.577. The Hall–Kier alpha value is -1.35. The van der Waals surface area contributed by atoms with Crippen LogP contribution in [-0.4, -0.2) is 12.6 Å². The zero-order valence-corrected chi connectivity index (χ0v) is 12.0. The Morgan fingerprint density at radius 3 is 2.53 bits per heavy atom. The van der Waals surface area contributed by atoms with Crippen molar-refractivity contribution in [1.82, 2.24) is 0 Å². The second-order valence-electron chi connectivity index (χ2n) is 5.33. The van der Waals surface area contributed by atoms with Crippen molar-refractivity contribution >= 4 is 5.97 Å². The van der Waals surface area contributed by atoms with E-state index in [1.807, 2.05) is 30.3 Å². The highest BCUT2D eigenvalue weighted by molar-refractivity contribution is 5.70. The summed E-state index contributed by atoms with van der Waals surface area (Å²) in [4.78, 5) is 11.6. The number of hydrogen-bond donors (Lipinski definition) is 1. The maximum absolute atomic E-state index is 11.6. The van der Waals surface area contributed by atoms with E-state index in [-0.39, 0.29) is 18.4 Å². The zero-order valence-electron chi connectivity index (χ0n) is 12.0. The topological polar surface area (TPSA) is 52.3 Å². The maximum atomic E-state index is 11.6. The lowest BCUT2D eigenvalue weighted by Gasteiger charge is -2.11. The average Bonchev–Trinajstić information content (AvgIpc) is 2.39. The van der Waals surface area contributed by atoms with E-state index in [9.17, 15) is 4.79 Å². The van der Waals surface area contributed by atoms with Crippen molar-refractivity contribution in [3.63, 3.8) is 0 Å². The number of nitrogens with two attached hydrogens (primary N) is 1. The molecule has 106 valence electrons. The summed E-state index contributed by atoms with van der Waals surface area (Å²) in [6, 6.07) is 9.37. The van der Waals surface area contributed by atoms with Crippen LogP contribution in [0.5, 0.6) is 0 Å². The van der Waals surface area contributed by atoms with E-state index in [0.717, 1.165) is 18.4 Å². The molecule has 1 atom stereocenters. The molecule has 0 aliphatic carbocycles. The van der Waals surface area contributed by atoms with Crippen LogP contribution in [0.25, 0.3) is 0 Å². The molecule has 0 radical (unpaired) electrons. The van der Waals surface area contributed by atoms with Crippen molar-refractivity contribution in [2.45, 2.75) is 45.6 Å². The second-order valence-corrected chi connectivity index (χ2v) is 5.33. The molecule has 0 fully saturated rings. The molecule has 0 aromatic heterocycles. The van der Waals surface area contributed by atoms with E-state index in [4.69, 9.17) is 10.5 Å². The SMILES string of the molecule is CC(C)CCCCOC(=O)CC(N)c1ccccc1. The fraction of sp³-hybridized carbons (Fsp3) is 0.562. The monoisotopic (exact) mass is 263 g/mol. The van der Waals surface area contributed by atoms with Gasteiger partial charge in [-0.15, -0.1) is 0 Å². The summed E-state index contributed by atoms with van der Waals surface area (Å²) in [5.41, 5.74) is 6.94. The van der Waals surface area contributed by atoms with Crippen molar-refractivity contribution in [1.29, 1.82) is 0 Å². The molecular formula is C16H25NO2. The van der Waals surface area contributed by atoms with E-state index < -0.39 is 0 Å². The number of benzene rings is 1. The lowest BCUT2D eigenvalue weighted by Crippen LogP contribution is -2.17. The summed E-state index contributed by atoms with van der Waals surface area (Å²) in [5.74, 6) is 0.503. The Morgan fingerprint density at radius 1 is 1.21 bits per heavy atom. The van der Waals surface area contributed by atoms with Crippen molar-refractivity contribution in [3.05, 3.63) is 35.9 Å². The van der Waals surface area contributed by atoms with E-state index >= 15 is 0 Å². The van der Waals surface area contributed by atoms with Gasteiger partial charge in [0.1, 0.15) is 0 Å². The number of hydrogen-bond acceptors (Lipinski definition) is 3. The number of carbonyl (C=O) groups excluding carboxylic acids is 1. The van der Waals surface area contributed by atoms with Gasteiger partial charge in [0.25, 0.3) is 0 Å². The van der Waals surface area contributed by atoms with Gasteiger partial charge in [0.05, 0.1) is 13.0 Å². The fourth-order valence-electron chi connectivity index (χ4n) is 1.90. The number of unbranched alkanes of at least 4 members (excludes halogenated alkanes) is 1. The third-order valence-electron chi connectivity index (χ3n) is 3.05. The Bertz CT molecular complexity index is 362. The predicted octanol–water partition coefficient (Wildman–Crippen LogP) is 3.45. The maximum Gasteiger partial charge on any atom is 0.307 e. The molecule has 0 aliphatic heterocycles. The minimum absolute atomic E-state index is 0.208. The van der Waals surface area contributed by atoms with Crippen LogP contribution in [0, 0.1) is 5.92 Å². The Labute approximate surface area is 116 Å². The van der Waals surface area contributed by atoms with Gasteiger partial charge in [-0.25, -0.2) is 0 Å². The fourth-order valence-corrected chi connectivity index (χ4v) is 1.90. The van der Waals surface area contributed by atoms with Gasteiger partial charge >= 0.3 is 5.97 Å². The third-order valence-corrected chi connectivity index (χ3v) is 3.05. The van der Waals surface area contributed by atoms with Crippen LogP contribution in [0.4, 0.5) is 0 Å². The lowest BCUT2D eigenvalue weighted by molar-refractivity contribution is -0.144. The van der Waals surface area contributed by atoms with E-state index in [2.05, 4.69) is 13.8 Å². The van der Waals surface area contributed by atoms with Crippen LogP contribution in [0.1, 0.15) is 51.1 Å². The summed E-state index contributed by atoms with van der Waals surface area (Å²) in [6.45, 7) is 4.91. The van der Waals surface area contributed by atoms with Crippen molar-refractivity contribution < 1.29 is 9.53 Å². The minimum Gasteiger partial charge on any atom is -0.466 e. The van der Waals surface area contributed by atoms with Crippen molar-refractivity contribution in [2.75, 3.05) is 6.61 Å². The molecule has 0 spiro atoms. The molecule has 3 nitrogen and oxygen atoms in total. The van der Waals surface area contributed by atoms with Gasteiger partial charge in [0.15, 0.2) is 0 Å². The largest absolute Gasteiger partial charge is 0.466 e. The highest BCUT2D eigenvalue weighted by Crippen LogP contribution is 2.14. The van der Waals surface area contributed by atoms with E-state index in [0.29, 0.717) is 12.5 Å². The summed E-state index contributed by atoms with van der Waals surface area (Å²) in [7, 11) is 0. The van der Waals surface area contributed by atoms with Crippen LogP contribution in [0.15, 0.2) is 30.3 Å². The Kier molecular flexibility index (Phi) is 7.19. The van der Waals surface area contributed by atoms with Crippen molar-refractivity contribution in [3.8, 4) is 0 Å². The predicted molar refractivity (Wildman–Crippen MR) is 77.6 cm³/mol. The van der Waals surface area contributed by atoms with Crippen LogP contribution in [-0.2, 0) is 9.53 Å². The first-order valence-electron chi connectivity index (χ1n) is 7.05. The number of rotatable bonds is 8. The van der Waals surface area contributed by atoms with E-state index in [1.54, 1.807) is 0 Å². The van der Waals surface area contributed by atoms with Gasteiger partial charge < -0.3 is 10.5 Å². The standard InChI is InChI=1S/C16H25NO2/c1-13(2)8-6-7-11-19-16(18)12-15(17)14-9-4-3-5-10-14/h3-5,9-10,13,15H,6-8,11-12,17H2,1-2H3. The molecule has 0 amide bonds. The molecule has 1 unspecified atom stereocenters. The van der Waals surface area contributed by atoms with Gasteiger partial charge in [-0.1, -0.05) is 50.6 Å². The minimum atomic E-state index is -0.274. The molecule has 0 bridgehead atoms. The first-order chi connectivity index (χ1) is 9.09.